The number of likely N-dealkylation sites (N-methyl/N-ethyl adjacent to an activating group) is 1. The Morgan fingerprint density at radius 2 is 1.93 bits per heavy atom. The molecule has 1 fully saturated rings. The molecule has 7 heteroatoms. The summed E-state index contributed by atoms with van der Waals surface area (Å²) in [5.41, 5.74) is 2.61. The molecule has 4 nitrogen and oxygen atoms in total. The number of nitrogens with one attached hydrogen (secondary N) is 1. The molecular formula is C20H18BrFN4S. The number of anilines is 2. The SMILES string of the molecule is CN1CCN(C2=Nc3ccc(F)cc3Nc3sc4cc(Br)ccc4c32)CC1. The zero-order valence-electron chi connectivity index (χ0n) is 14.8. The first-order valence-corrected chi connectivity index (χ1v) is 10.5. The number of benzene rings is 2. The van der Waals surface area contributed by atoms with Crippen LogP contribution in [0, 0.1) is 5.82 Å². The molecule has 0 radical (unpaired) electrons. The van der Waals surface area contributed by atoms with Crippen LogP contribution in [0.4, 0.5) is 20.8 Å². The number of hydrogen-bond acceptors (Lipinski definition) is 5. The van der Waals surface area contributed by atoms with Gasteiger partial charge in [0.2, 0.25) is 0 Å². The van der Waals surface area contributed by atoms with E-state index in [1.54, 1.807) is 17.4 Å². The molecule has 0 atom stereocenters. The third-order valence-corrected chi connectivity index (χ3v) is 6.67. The van der Waals surface area contributed by atoms with Crippen LogP contribution in [-0.2, 0) is 0 Å². The van der Waals surface area contributed by atoms with Crippen LogP contribution in [0.25, 0.3) is 10.1 Å². The van der Waals surface area contributed by atoms with Gasteiger partial charge in [0.25, 0.3) is 0 Å². The van der Waals surface area contributed by atoms with Crippen LogP contribution in [0.15, 0.2) is 45.9 Å². The quantitative estimate of drug-likeness (QED) is 0.517. The zero-order valence-corrected chi connectivity index (χ0v) is 17.2. The summed E-state index contributed by atoms with van der Waals surface area (Å²) in [4.78, 5) is 9.69. The highest BCUT2D eigenvalue weighted by molar-refractivity contribution is 9.10. The molecular weight excluding hydrogens is 427 g/mol. The normalized spacial score (nSPS) is 17.1. The van der Waals surface area contributed by atoms with Crippen LogP contribution in [0.3, 0.4) is 0 Å². The van der Waals surface area contributed by atoms with E-state index in [0.717, 1.165) is 52.7 Å². The Balaban J connectivity index is 1.73. The second-order valence-electron chi connectivity index (χ2n) is 6.96. The van der Waals surface area contributed by atoms with Crippen molar-refractivity contribution in [3.63, 3.8) is 0 Å². The van der Waals surface area contributed by atoms with Crippen molar-refractivity contribution in [3.8, 4) is 0 Å². The number of hydrogen-bond donors (Lipinski definition) is 1. The molecule has 2 aromatic carbocycles. The highest BCUT2D eigenvalue weighted by Gasteiger charge is 2.27. The summed E-state index contributed by atoms with van der Waals surface area (Å²) in [6.45, 7) is 3.87. The van der Waals surface area contributed by atoms with Crippen LogP contribution < -0.4 is 5.32 Å². The summed E-state index contributed by atoms with van der Waals surface area (Å²) in [6.07, 6.45) is 0. The van der Waals surface area contributed by atoms with E-state index in [1.165, 1.54) is 22.2 Å². The summed E-state index contributed by atoms with van der Waals surface area (Å²) in [6, 6.07) is 11.1. The third-order valence-electron chi connectivity index (χ3n) is 5.11. The largest absolute Gasteiger partial charge is 0.353 e. The number of piperazine rings is 1. The lowest BCUT2D eigenvalue weighted by atomic mass is 10.1. The molecule has 0 amide bonds. The number of thiophene rings is 1. The van der Waals surface area contributed by atoms with Crippen LogP contribution in [0.2, 0.25) is 0 Å². The number of amidine groups is 1. The maximum Gasteiger partial charge on any atom is 0.140 e. The van der Waals surface area contributed by atoms with Crippen LogP contribution in [0.1, 0.15) is 5.56 Å². The molecule has 2 aliphatic heterocycles. The molecule has 0 bridgehead atoms. The molecule has 0 unspecified atom stereocenters. The lowest BCUT2D eigenvalue weighted by molar-refractivity contribution is 0.216. The Kier molecular flexibility index (Phi) is 4.18. The van der Waals surface area contributed by atoms with Crippen molar-refractivity contribution in [1.82, 2.24) is 9.80 Å². The first-order valence-electron chi connectivity index (χ1n) is 8.90. The van der Waals surface area contributed by atoms with Crippen LogP contribution >= 0.6 is 27.3 Å². The summed E-state index contributed by atoms with van der Waals surface area (Å²) in [5.74, 6) is 0.717. The number of fused-ring (bicyclic) bond motifs is 4. The maximum absolute atomic E-state index is 13.8. The van der Waals surface area contributed by atoms with Crippen LogP contribution in [-0.4, -0.2) is 48.9 Å². The number of halogens is 2. The molecule has 3 heterocycles. The van der Waals surface area contributed by atoms with Crippen molar-refractivity contribution in [2.75, 3.05) is 38.5 Å². The van der Waals surface area contributed by atoms with Gasteiger partial charge in [0.1, 0.15) is 16.7 Å². The van der Waals surface area contributed by atoms with Gasteiger partial charge in [-0.05, 0) is 37.4 Å². The van der Waals surface area contributed by atoms with Gasteiger partial charge in [0.15, 0.2) is 0 Å². The van der Waals surface area contributed by atoms with Gasteiger partial charge in [-0.1, -0.05) is 22.0 Å². The van der Waals surface area contributed by atoms with Crippen molar-refractivity contribution in [2.45, 2.75) is 0 Å². The van der Waals surface area contributed by atoms with E-state index in [2.05, 4.69) is 56.3 Å². The lowest BCUT2D eigenvalue weighted by Crippen LogP contribution is -2.47. The van der Waals surface area contributed by atoms with Gasteiger partial charge in [-0.3, -0.25) is 0 Å². The van der Waals surface area contributed by atoms with Crippen molar-refractivity contribution in [2.24, 2.45) is 4.99 Å². The minimum atomic E-state index is -0.259. The van der Waals surface area contributed by atoms with E-state index in [1.807, 2.05) is 0 Å². The molecule has 1 saturated heterocycles. The number of rotatable bonds is 0. The second kappa shape index (κ2) is 6.58. The van der Waals surface area contributed by atoms with E-state index in [4.69, 9.17) is 4.99 Å². The topological polar surface area (TPSA) is 30.9 Å². The fourth-order valence-electron chi connectivity index (χ4n) is 3.63. The van der Waals surface area contributed by atoms with E-state index < -0.39 is 0 Å². The van der Waals surface area contributed by atoms with Crippen molar-refractivity contribution in [3.05, 3.63) is 52.3 Å². The van der Waals surface area contributed by atoms with Gasteiger partial charge in [-0.25, -0.2) is 9.38 Å². The van der Waals surface area contributed by atoms with Gasteiger partial charge in [0.05, 0.1) is 16.9 Å². The highest BCUT2D eigenvalue weighted by Crippen LogP contribution is 2.44. The van der Waals surface area contributed by atoms with Gasteiger partial charge in [-0.2, -0.15) is 0 Å². The second-order valence-corrected chi connectivity index (χ2v) is 8.93. The average Bonchev–Trinajstić information content (AvgIpc) is 2.90. The van der Waals surface area contributed by atoms with E-state index in [9.17, 15) is 4.39 Å². The molecule has 5 rings (SSSR count). The molecule has 27 heavy (non-hydrogen) atoms. The van der Waals surface area contributed by atoms with E-state index >= 15 is 0 Å². The number of aliphatic imine (C=N–C) groups is 1. The summed E-state index contributed by atoms with van der Waals surface area (Å²) >= 11 is 5.25. The Morgan fingerprint density at radius 3 is 2.74 bits per heavy atom. The summed E-state index contributed by atoms with van der Waals surface area (Å²) in [5, 5.41) is 5.64. The Labute approximate surface area is 169 Å². The minimum absolute atomic E-state index is 0.259. The molecule has 1 aromatic heterocycles. The molecule has 0 saturated carbocycles. The predicted molar refractivity (Wildman–Crippen MR) is 114 cm³/mol. The maximum atomic E-state index is 13.8. The average molecular weight is 445 g/mol. The number of nitrogens with zero attached hydrogens (tertiary/aromatic N) is 3. The minimum Gasteiger partial charge on any atom is -0.353 e. The summed E-state index contributed by atoms with van der Waals surface area (Å²) < 4.78 is 16.1. The first-order chi connectivity index (χ1) is 13.1. The predicted octanol–water partition coefficient (Wildman–Crippen LogP) is 5.19. The molecule has 3 aromatic rings. The third kappa shape index (κ3) is 3.03. The Hall–Kier alpha value is -1.96. The fraction of sp³-hybridized carbons (Fsp3) is 0.250. The standard InChI is InChI=1S/C20H18BrFN4S/c1-25-6-8-26(9-7-25)19-18-14-4-2-12(21)10-17(14)27-20(18)24-16-11-13(22)3-5-15(16)23-19/h2-5,10-11,24H,6-9H2,1H3. The molecule has 1 N–H and O–H groups in total. The zero-order chi connectivity index (χ0) is 18.5. The van der Waals surface area contributed by atoms with Gasteiger partial charge in [-0.15, -0.1) is 11.3 Å². The molecule has 138 valence electrons. The molecule has 2 aliphatic rings. The highest BCUT2D eigenvalue weighted by atomic mass is 79.9. The smallest absolute Gasteiger partial charge is 0.140 e. The lowest BCUT2D eigenvalue weighted by Gasteiger charge is -2.34. The Bertz CT molecular complexity index is 1070. The first kappa shape index (κ1) is 17.2. The van der Waals surface area contributed by atoms with Crippen molar-refractivity contribution < 1.29 is 4.39 Å². The van der Waals surface area contributed by atoms with Crippen molar-refractivity contribution in [1.29, 1.82) is 0 Å². The monoisotopic (exact) mass is 444 g/mol. The van der Waals surface area contributed by atoms with Gasteiger partial charge < -0.3 is 15.1 Å². The van der Waals surface area contributed by atoms with E-state index in [-0.39, 0.29) is 5.82 Å². The Morgan fingerprint density at radius 1 is 1.11 bits per heavy atom. The molecule has 0 aliphatic carbocycles. The van der Waals surface area contributed by atoms with Crippen LogP contribution in [0.5, 0.6) is 0 Å². The molecule has 0 spiro atoms. The fourth-order valence-corrected chi connectivity index (χ4v) is 5.29. The summed E-state index contributed by atoms with van der Waals surface area (Å²) in [7, 11) is 2.15. The van der Waals surface area contributed by atoms with E-state index in [0.29, 0.717) is 5.69 Å². The van der Waals surface area contributed by atoms with Gasteiger partial charge in [0, 0.05) is 40.7 Å². The van der Waals surface area contributed by atoms with Gasteiger partial charge >= 0.3 is 0 Å². The van der Waals surface area contributed by atoms with Crippen molar-refractivity contribution >= 4 is 59.6 Å².